The molecule has 0 aliphatic carbocycles. The molecule has 102 valence electrons. The quantitative estimate of drug-likeness (QED) is 0.625. The minimum atomic E-state index is -0.128. The predicted octanol–water partition coefficient (Wildman–Crippen LogP) is 4.80. The van der Waals surface area contributed by atoms with E-state index in [2.05, 4.69) is 42.9 Å². The Morgan fingerprint density at radius 3 is 2.71 bits per heavy atom. The Labute approximate surface area is 137 Å². The fourth-order valence-corrected chi connectivity index (χ4v) is 3.06. The van der Waals surface area contributed by atoms with Crippen LogP contribution in [0.1, 0.15) is 21.5 Å². The Bertz CT molecular complexity index is 906. The second-order valence-electron chi connectivity index (χ2n) is 4.50. The summed E-state index contributed by atoms with van der Waals surface area (Å²) < 4.78 is 1.55. The number of carbonyl (C=O) groups is 1. The van der Waals surface area contributed by atoms with Gasteiger partial charge in [0.2, 0.25) is 0 Å². The van der Waals surface area contributed by atoms with Gasteiger partial charge in [-0.2, -0.15) is 5.26 Å². The van der Waals surface area contributed by atoms with E-state index in [0.717, 1.165) is 14.5 Å². The minimum absolute atomic E-state index is 0.128. The Morgan fingerprint density at radius 1 is 1.14 bits per heavy atom. The van der Waals surface area contributed by atoms with E-state index < -0.39 is 0 Å². The van der Waals surface area contributed by atoms with Crippen LogP contribution < -0.4 is 0 Å². The maximum atomic E-state index is 12.8. The van der Waals surface area contributed by atoms with Crippen LogP contribution in [0.15, 0.2) is 51.5 Å². The Morgan fingerprint density at radius 2 is 1.95 bits per heavy atom. The first-order valence-electron chi connectivity index (χ1n) is 6.12. The Hall–Kier alpha value is -1.90. The molecule has 0 bridgehead atoms. The average Bonchev–Trinajstić information content (AvgIpc) is 2.93. The molecule has 5 heteroatoms. The molecule has 0 saturated carbocycles. The summed E-state index contributed by atoms with van der Waals surface area (Å²) >= 11 is 6.77. The van der Waals surface area contributed by atoms with Crippen LogP contribution in [0, 0.1) is 11.3 Å². The molecule has 3 rings (SSSR count). The molecule has 1 heterocycles. The van der Waals surface area contributed by atoms with Gasteiger partial charge in [-0.1, -0.05) is 37.9 Å². The fourth-order valence-electron chi connectivity index (χ4n) is 2.27. The van der Waals surface area contributed by atoms with Crippen LogP contribution in [0.25, 0.3) is 10.9 Å². The number of halogens is 2. The number of aromatic nitrogens is 1. The van der Waals surface area contributed by atoms with Crippen molar-refractivity contribution in [3.63, 3.8) is 0 Å². The summed E-state index contributed by atoms with van der Waals surface area (Å²) in [4.78, 5) is 15.8. The molecule has 0 aliphatic rings. The molecule has 2 aromatic carbocycles. The van der Waals surface area contributed by atoms with Crippen LogP contribution in [-0.2, 0) is 0 Å². The Balaban J connectivity index is 2.24. The number of nitriles is 1. The van der Waals surface area contributed by atoms with Gasteiger partial charge in [-0.05, 0) is 30.3 Å². The number of hydrogen-bond acceptors (Lipinski definition) is 2. The number of nitrogens with one attached hydrogen (secondary N) is 1. The number of fused-ring (bicyclic) bond motifs is 1. The largest absolute Gasteiger partial charge is 0.360 e. The van der Waals surface area contributed by atoms with E-state index in [4.69, 9.17) is 0 Å². The van der Waals surface area contributed by atoms with Crippen molar-refractivity contribution in [1.29, 1.82) is 5.26 Å². The number of rotatable bonds is 2. The number of ketones is 1. The summed E-state index contributed by atoms with van der Waals surface area (Å²) in [6, 6.07) is 12.9. The molecule has 21 heavy (non-hydrogen) atoms. The third kappa shape index (κ3) is 2.41. The maximum Gasteiger partial charge on any atom is 0.196 e. The van der Waals surface area contributed by atoms with Crippen molar-refractivity contribution in [3.8, 4) is 6.07 Å². The highest BCUT2D eigenvalue weighted by Crippen LogP contribution is 2.28. The first-order chi connectivity index (χ1) is 10.1. The highest BCUT2D eigenvalue weighted by molar-refractivity contribution is 9.11. The van der Waals surface area contributed by atoms with Crippen LogP contribution in [0.4, 0.5) is 0 Å². The standard InChI is InChI=1S/C16H8Br2N2O/c17-10-4-5-13(18)11(6-10)16(21)12-8-20-14-3-1-2-9(7-19)15(12)14/h1-6,8,20H. The van der Waals surface area contributed by atoms with Crippen LogP contribution >= 0.6 is 31.9 Å². The van der Waals surface area contributed by atoms with Crippen LogP contribution in [0.3, 0.4) is 0 Å². The van der Waals surface area contributed by atoms with E-state index in [1.807, 2.05) is 18.2 Å². The third-order valence-electron chi connectivity index (χ3n) is 3.24. The molecular weight excluding hydrogens is 396 g/mol. The predicted molar refractivity (Wildman–Crippen MR) is 88.3 cm³/mol. The van der Waals surface area contributed by atoms with Gasteiger partial charge in [0, 0.05) is 37.2 Å². The van der Waals surface area contributed by atoms with Gasteiger partial charge in [-0.15, -0.1) is 0 Å². The van der Waals surface area contributed by atoms with Crippen molar-refractivity contribution in [2.75, 3.05) is 0 Å². The van der Waals surface area contributed by atoms with E-state index in [1.165, 1.54) is 0 Å². The van der Waals surface area contributed by atoms with E-state index in [1.54, 1.807) is 24.4 Å². The lowest BCUT2D eigenvalue weighted by Crippen LogP contribution is -2.02. The highest BCUT2D eigenvalue weighted by Gasteiger charge is 2.19. The van der Waals surface area contributed by atoms with Crippen molar-refractivity contribution < 1.29 is 4.79 Å². The lowest BCUT2D eigenvalue weighted by molar-refractivity contribution is 0.103. The number of hydrogen-bond donors (Lipinski definition) is 1. The molecule has 3 nitrogen and oxygen atoms in total. The summed E-state index contributed by atoms with van der Waals surface area (Å²) in [7, 11) is 0. The van der Waals surface area contributed by atoms with E-state index >= 15 is 0 Å². The monoisotopic (exact) mass is 402 g/mol. The maximum absolute atomic E-state index is 12.8. The molecule has 0 spiro atoms. The summed E-state index contributed by atoms with van der Waals surface area (Å²) in [5.74, 6) is -0.128. The number of benzene rings is 2. The first-order valence-corrected chi connectivity index (χ1v) is 7.70. The summed E-state index contributed by atoms with van der Waals surface area (Å²) in [5, 5.41) is 9.90. The van der Waals surface area contributed by atoms with E-state index in [-0.39, 0.29) is 5.78 Å². The zero-order valence-electron chi connectivity index (χ0n) is 10.7. The van der Waals surface area contributed by atoms with E-state index in [0.29, 0.717) is 22.1 Å². The molecule has 0 radical (unpaired) electrons. The molecule has 1 N–H and O–H groups in total. The summed E-state index contributed by atoms with van der Waals surface area (Å²) in [5.41, 5.74) is 2.32. The van der Waals surface area contributed by atoms with Crippen molar-refractivity contribution >= 4 is 48.5 Å². The van der Waals surface area contributed by atoms with Crippen LogP contribution in [-0.4, -0.2) is 10.8 Å². The molecule has 0 unspecified atom stereocenters. The van der Waals surface area contributed by atoms with Gasteiger partial charge < -0.3 is 4.98 Å². The molecule has 0 amide bonds. The number of H-pyrrole nitrogens is 1. The normalized spacial score (nSPS) is 10.5. The van der Waals surface area contributed by atoms with Gasteiger partial charge in [-0.25, -0.2) is 0 Å². The average molecular weight is 404 g/mol. The molecular formula is C16H8Br2N2O. The Kier molecular flexibility index (Phi) is 3.66. The summed E-state index contributed by atoms with van der Waals surface area (Å²) in [6.45, 7) is 0. The molecule has 1 aromatic heterocycles. The van der Waals surface area contributed by atoms with Gasteiger partial charge in [0.15, 0.2) is 5.78 Å². The van der Waals surface area contributed by atoms with Gasteiger partial charge in [0.25, 0.3) is 0 Å². The smallest absolute Gasteiger partial charge is 0.196 e. The van der Waals surface area contributed by atoms with Gasteiger partial charge >= 0.3 is 0 Å². The summed E-state index contributed by atoms with van der Waals surface area (Å²) in [6.07, 6.45) is 1.65. The van der Waals surface area contributed by atoms with Gasteiger partial charge in [0.05, 0.1) is 11.6 Å². The first kappa shape index (κ1) is 14.1. The lowest BCUT2D eigenvalue weighted by atomic mass is 10.00. The van der Waals surface area contributed by atoms with Gasteiger partial charge in [0.1, 0.15) is 0 Å². The molecule has 0 saturated heterocycles. The number of aromatic amines is 1. The van der Waals surface area contributed by atoms with Crippen molar-refractivity contribution in [3.05, 3.63) is 68.2 Å². The van der Waals surface area contributed by atoms with E-state index in [9.17, 15) is 10.1 Å². The second-order valence-corrected chi connectivity index (χ2v) is 6.27. The zero-order valence-corrected chi connectivity index (χ0v) is 13.8. The molecule has 0 aliphatic heterocycles. The lowest BCUT2D eigenvalue weighted by Gasteiger charge is -2.04. The number of carbonyl (C=O) groups excluding carboxylic acids is 1. The fraction of sp³-hybridized carbons (Fsp3) is 0. The molecule has 3 aromatic rings. The topological polar surface area (TPSA) is 56.6 Å². The SMILES string of the molecule is N#Cc1cccc2[nH]cc(C(=O)c3cc(Br)ccc3Br)c12. The number of nitrogens with zero attached hydrogens (tertiary/aromatic N) is 1. The van der Waals surface area contributed by atoms with Crippen LogP contribution in [0.5, 0.6) is 0 Å². The van der Waals surface area contributed by atoms with Crippen molar-refractivity contribution in [2.45, 2.75) is 0 Å². The minimum Gasteiger partial charge on any atom is -0.360 e. The van der Waals surface area contributed by atoms with Crippen molar-refractivity contribution in [1.82, 2.24) is 4.98 Å². The van der Waals surface area contributed by atoms with Gasteiger partial charge in [-0.3, -0.25) is 4.79 Å². The third-order valence-corrected chi connectivity index (χ3v) is 4.43. The molecule has 0 atom stereocenters. The van der Waals surface area contributed by atoms with Crippen LogP contribution in [0.2, 0.25) is 0 Å². The zero-order chi connectivity index (χ0) is 15.0. The molecule has 0 fully saturated rings. The highest BCUT2D eigenvalue weighted by atomic mass is 79.9. The second kappa shape index (κ2) is 5.47. The van der Waals surface area contributed by atoms with Crippen molar-refractivity contribution in [2.24, 2.45) is 0 Å².